The van der Waals surface area contributed by atoms with Crippen molar-refractivity contribution in [2.75, 3.05) is 31.1 Å². The Hall–Kier alpha value is -1.30. The molecule has 0 spiro atoms. The normalized spacial score (nSPS) is 17.9. The van der Waals surface area contributed by atoms with E-state index in [0.717, 1.165) is 0 Å². The first kappa shape index (κ1) is 17.1. The van der Waals surface area contributed by atoms with Crippen LogP contribution in [0.4, 0.5) is 5.69 Å². The first-order chi connectivity index (χ1) is 10.5. The van der Waals surface area contributed by atoms with E-state index in [1.54, 1.807) is 23.1 Å². The van der Waals surface area contributed by atoms with Crippen LogP contribution in [0.2, 0.25) is 10.0 Å². The van der Waals surface area contributed by atoms with Crippen molar-refractivity contribution in [1.82, 2.24) is 4.90 Å². The number of benzene rings is 1. The summed E-state index contributed by atoms with van der Waals surface area (Å²) in [6.07, 6.45) is 0.458. The van der Waals surface area contributed by atoms with Gasteiger partial charge in [0.25, 0.3) is 0 Å². The summed E-state index contributed by atoms with van der Waals surface area (Å²) in [4.78, 5) is 28.0. The maximum absolute atomic E-state index is 12.5. The molecule has 1 aromatic carbocycles. The summed E-state index contributed by atoms with van der Waals surface area (Å²) in [7, 11) is 0. The molecule has 22 heavy (non-hydrogen) atoms. The first-order valence-electron chi connectivity index (χ1n) is 7.15. The van der Waals surface area contributed by atoms with Gasteiger partial charge in [-0.2, -0.15) is 0 Å². The molecule has 5 nitrogen and oxygen atoms in total. The third kappa shape index (κ3) is 3.37. The number of rotatable bonds is 5. The number of carbonyl (C=O) groups excluding carboxylic acids is 2. The molecule has 1 atom stereocenters. The van der Waals surface area contributed by atoms with Crippen molar-refractivity contribution >= 4 is 40.7 Å². The summed E-state index contributed by atoms with van der Waals surface area (Å²) >= 11 is 11.9. The zero-order chi connectivity index (χ0) is 16.3. The lowest BCUT2D eigenvalue weighted by Crippen LogP contribution is -2.41. The van der Waals surface area contributed by atoms with Crippen molar-refractivity contribution in [2.45, 2.75) is 13.3 Å². The molecule has 1 aliphatic rings. The van der Waals surface area contributed by atoms with Crippen LogP contribution in [0.25, 0.3) is 0 Å². The minimum absolute atomic E-state index is 0.114. The van der Waals surface area contributed by atoms with Crippen molar-refractivity contribution in [3.05, 3.63) is 28.2 Å². The molecule has 2 rings (SSSR count). The number of carbonyl (C=O) groups is 2. The van der Waals surface area contributed by atoms with Gasteiger partial charge in [-0.25, -0.2) is 0 Å². The number of likely N-dealkylation sites (N-methyl/N-ethyl adjacent to an activating group) is 1. The van der Waals surface area contributed by atoms with Gasteiger partial charge in [-0.05, 0) is 31.5 Å². The zero-order valence-electron chi connectivity index (χ0n) is 12.3. The number of anilines is 1. The van der Waals surface area contributed by atoms with E-state index >= 15 is 0 Å². The summed E-state index contributed by atoms with van der Waals surface area (Å²) in [6, 6.07) is 4.97. The number of hydrogen-bond donors (Lipinski definition) is 1. The lowest BCUT2D eigenvalue weighted by molar-refractivity contribution is -0.140. The highest BCUT2D eigenvalue weighted by atomic mass is 35.5. The molecule has 1 heterocycles. The van der Waals surface area contributed by atoms with E-state index in [-0.39, 0.29) is 25.0 Å². The third-order valence-electron chi connectivity index (χ3n) is 3.78. The van der Waals surface area contributed by atoms with Crippen LogP contribution in [0.5, 0.6) is 0 Å². The number of aliphatic hydroxyl groups excluding tert-OH is 1. The molecule has 7 heteroatoms. The Morgan fingerprint density at radius 3 is 2.73 bits per heavy atom. The summed E-state index contributed by atoms with van der Waals surface area (Å²) in [5.41, 5.74) is 0.639. The number of aliphatic hydroxyl groups is 1. The summed E-state index contributed by atoms with van der Waals surface area (Å²) in [5.74, 6) is -1.16. The zero-order valence-corrected chi connectivity index (χ0v) is 13.8. The molecular weight excluding hydrogens is 327 g/mol. The quantitative estimate of drug-likeness (QED) is 0.833. The average Bonchev–Trinajstić information content (AvgIpc) is 2.88. The molecule has 120 valence electrons. The van der Waals surface area contributed by atoms with Gasteiger partial charge in [0.2, 0.25) is 11.8 Å². The number of amides is 2. The largest absolute Gasteiger partial charge is 0.395 e. The topological polar surface area (TPSA) is 60.9 Å². The molecule has 0 aromatic heterocycles. The molecule has 2 amide bonds. The van der Waals surface area contributed by atoms with Gasteiger partial charge >= 0.3 is 0 Å². The van der Waals surface area contributed by atoms with Crippen molar-refractivity contribution < 1.29 is 14.7 Å². The molecule has 1 saturated heterocycles. The summed E-state index contributed by atoms with van der Waals surface area (Å²) < 4.78 is 0. The third-order valence-corrected chi connectivity index (χ3v) is 4.52. The van der Waals surface area contributed by atoms with Gasteiger partial charge in [0.1, 0.15) is 5.92 Å². The number of nitrogens with zero attached hydrogens (tertiary/aromatic N) is 2. The fourth-order valence-corrected chi connectivity index (χ4v) is 2.88. The average molecular weight is 345 g/mol. The number of hydrogen-bond acceptors (Lipinski definition) is 3. The van der Waals surface area contributed by atoms with Crippen LogP contribution in [0.3, 0.4) is 0 Å². The molecule has 0 aliphatic carbocycles. The SMILES string of the molecule is CCN(CCO)C(=O)C1CCN(c2ccc(Cl)c(Cl)c2)C1=O. The number of halogens is 2. The van der Waals surface area contributed by atoms with Crippen molar-refractivity contribution in [3.63, 3.8) is 0 Å². The van der Waals surface area contributed by atoms with Gasteiger partial charge in [0.15, 0.2) is 0 Å². The molecule has 1 aromatic rings. The highest BCUT2D eigenvalue weighted by molar-refractivity contribution is 6.42. The van der Waals surface area contributed by atoms with Crippen LogP contribution in [0.1, 0.15) is 13.3 Å². The monoisotopic (exact) mass is 344 g/mol. The van der Waals surface area contributed by atoms with E-state index in [1.807, 2.05) is 6.92 Å². The maximum atomic E-state index is 12.5. The van der Waals surface area contributed by atoms with Crippen molar-refractivity contribution in [3.8, 4) is 0 Å². The van der Waals surface area contributed by atoms with E-state index in [0.29, 0.717) is 35.2 Å². The van der Waals surface area contributed by atoms with Crippen LogP contribution in [0, 0.1) is 5.92 Å². The maximum Gasteiger partial charge on any atom is 0.239 e. The minimum atomic E-state index is -0.694. The predicted octanol–water partition coefficient (Wildman–Crippen LogP) is 2.19. The van der Waals surface area contributed by atoms with Gasteiger partial charge in [-0.3, -0.25) is 9.59 Å². The molecule has 1 aliphatic heterocycles. The molecule has 0 radical (unpaired) electrons. The fourth-order valence-electron chi connectivity index (χ4n) is 2.58. The Morgan fingerprint density at radius 1 is 1.41 bits per heavy atom. The van der Waals surface area contributed by atoms with Crippen molar-refractivity contribution in [1.29, 1.82) is 0 Å². The second-order valence-electron chi connectivity index (χ2n) is 5.07. The lowest BCUT2D eigenvalue weighted by atomic mass is 10.1. The van der Waals surface area contributed by atoms with Crippen LogP contribution >= 0.6 is 23.2 Å². The standard InChI is InChI=1S/C15H18Cl2N2O3/c1-2-18(7-8-20)14(21)11-5-6-19(15(11)22)10-3-4-12(16)13(17)9-10/h3-4,9,11,20H,2,5-8H2,1H3. The Kier molecular flexibility index (Phi) is 5.67. The van der Waals surface area contributed by atoms with Crippen LogP contribution in [-0.2, 0) is 9.59 Å². The van der Waals surface area contributed by atoms with Crippen LogP contribution in [0.15, 0.2) is 18.2 Å². The fraction of sp³-hybridized carbons (Fsp3) is 0.467. The molecule has 0 bridgehead atoms. The van der Waals surface area contributed by atoms with Gasteiger partial charge < -0.3 is 14.9 Å². The smallest absolute Gasteiger partial charge is 0.239 e. The van der Waals surface area contributed by atoms with E-state index < -0.39 is 5.92 Å². The van der Waals surface area contributed by atoms with Gasteiger partial charge in [-0.1, -0.05) is 23.2 Å². The highest BCUT2D eigenvalue weighted by Crippen LogP contribution is 2.31. The molecule has 1 fully saturated rings. The lowest BCUT2D eigenvalue weighted by Gasteiger charge is -2.23. The van der Waals surface area contributed by atoms with Gasteiger partial charge in [0.05, 0.1) is 16.7 Å². The van der Waals surface area contributed by atoms with E-state index in [1.165, 1.54) is 4.90 Å². The first-order valence-corrected chi connectivity index (χ1v) is 7.91. The van der Waals surface area contributed by atoms with Gasteiger partial charge in [-0.15, -0.1) is 0 Å². The Bertz CT molecular complexity index is 580. The minimum Gasteiger partial charge on any atom is -0.395 e. The van der Waals surface area contributed by atoms with Crippen LogP contribution in [-0.4, -0.2) is 48.1 Å². The van der Waals surface area contributed by atoms with E-state index in [2.05, 4.69) is 0 Å². The highest BCUT2D eigenvalue weighted by Gasteiger charge is 2.39. The Morgan fingerprint density at radius 2 is 2.14 bits per heavy atom. The van der Waals surface area contributed by atoms with E-state index in [4.69, 9.17) is 28.3 Å². The Labute approximate surface area is 139 Å². The summed E-state index contributed by atoms with van der Waals surface area (Å²) in [6.45, 7) is 2.88. The molecule has 1 N–H and O–H groups in total. The Balaban J connectivity index is 2.15. The molecular formula is C15H18Cl2N2O3. The van der Waals surface area contributed by atoms with E-state index in [9.17, 15) is 9.59 Å². The second kappa shape index (κ2) is 7.31. The van der Waals surface area contributed by atoms with Crippen molar-refractivity contribution in [2.24, 2.45) is 5.92 Å². The summed E-state index contributed by atoms with van der Waals surface area (Å²) in [5, 5.41) is 9.79. The second-order valence-corrected chi connectivity index (χ2v) is 5.89. The van der Waals surface area contributed by atoms with Gasteiger partial charge in [0, 0.05) is 25.3 Å². The molecule has 0 saturated carbocycles. The predicted molar refractivity (Wildman–Crippen MR) is 86.3 cm³/mol. The molecule has 1 unspecified atom stereocenters. The van der Waals surface area contributed by atoms with Crippen LogP contribution < -0.4 is 4.90 Å².